The summed E-state index contributed by atoms with van der Waals surface area (Å²) in [5.41, 5.74) is 0.250. The second-order valence-corrected chi connectivity index (χ2v) is 4.89. The molecular formula is C16H9F3N2O3. The zero-order valence-electron chi connectivity index (χ0n) is 12.0. The van der Waals surface area contributed by atoms with Crippen LogP contribution in [0.4, 0.5) is 13.2 Å². The van der Waals surface area contributed by atoms with Crippen molar-refractivity contribution >= 4 is 5.78 Å². The summed E-state index contributed by atoms with van der Waals surface area (Å²) in [6.07, 6.45) is 0. The molecule has 1 aromatic heterocycles. The summed E-state index contributed by atoms with van der Waals surface area (Å²) in [6.45, 7) is -0.505. The Labute approximate surface area is 133 Å². The first-order chi connectivity index (χ1) is 11.4. The van der Waals surface area contributed by atoms with Crippen molar-refractivity contribution < 1.29 is 22.4 Å². The Morgan fingerprint density at radius 3 is 2.42 bits per heavy atom. The molecule has 0 aliphatic heterocycles. The Morgan fingerprint density at radius 1 is 1.04 bits per heavy atom. The SMILES string of the molecule is O=C(Cn1nc(-c2ccc(F)cc2)oc1=O)c1ccc(F)c(F)c1. The zero-order chi connectivity index (χ0) is 17.3. The molecule has 1 heterocycles. The van der Waals surface area contributed by atoms with Crippen LogP contribution in [0.1, 0.15) is 10.4 Å². The predicted octanol–water partition coefficient (Wildman–Crippen LogP) is 2.80. The van der Waals surface area contributed by atoms with Crippen LogP contribution in [-0.2, 0) is 6.54 Å². The predicted molar refractivity (Wildman–Crippen MR) is 76.8 cm³/mol. The van der Waals surface area contributed by atoms with Crippen LogP contribution in [0.15, 0.2) is 51.7 Å². The maximum atomic E-state index is 13.2. The molecule has 3 aromatic rings. The van der Waals surface area contributed by atoms with Crippen molar-refractivity contribution in [2.24, 2.45) is 0 Å². The van der Waals surface area contributed by atoms with Crippen molar-refractivity contribution in [3.63, 3.8) is 0 Å². The molecule has 3 rings (SSSR count). The van der Waals surface area contributed by atoms with Crippen LogP contribution in [0.25, 0.3) is 11.5 Å². The standard InChI is InChI=1S/C16H9F3N2O3/c17-11-4-1-9(2-5-11)15-20-21(16(23)24-15)8-14(22)10-3-6-12(18)13(19)7-10/h1-7H,8H2. The van der Waals surface area contributed by atoms with Gasteiger partial charge in [-0.15, -0.1) is 5.10 Å². The topological polar surface area (TPSA) is 65.1 Å². The van der Waals surface area contributed by atoms with Crippen molar-refractivity contribution in [2.75, 3.05) is 0 Å². The third-order valence-corrected chi connectivity index (χ3v) is 3.23. The number of nitrogens with zero attached hydrogens (tertiary/aromatic N) is 2. The Morgan fingerprint density at radius 2 is 1.75 bits per heavy atom. The molecule has 0 spiro atoms. The van der Waals surface area contributed by atoms with E-state index in [1.807, 2.05) is 0 Å². The van der Waals surface area contributed by atoms with E-state index in [0.29, 0.717) is 5.56 Å². The van der Waals surface area contributed by atoms with Gasteiger partial charge in [-0.05, 0) is 42.5 Å². The van der Waals surface area contributed by atoms with Gasteiger partial charge in [-0.25, -0.2) is 18.0 Å². The first-order valence-electron chi connectivity index (χ1n) is 6.76. The van der Waals surface area contributed by atoms with Gasteiger partial charge in [-0.1, -0.05) is 0 Å². The van der Waals surface area contributed by atoms with Gasteiger partial charge in [0.1, 0.15) is 12.4 Å². The number of hydrogen-bond acceptors (Lipinski definition) is 4. The number of halogens is 3. The summed E-state index contributed by atoms with van der Waals surface area (Å²) < 4.78 is 44.6. The summed E-state index contributed by atoms with van der Waals surface area (Å²) in [6, 6.07) is 7.72. The maximum absolute atomic E-state index is 13.2. The second kappa shape index (κ2) is 6.15. The lowest BCUT2D eigenvalue weighted by Crippen LogP contribution is -2.21. The largest absolute Gasteiger partial charge is 0.437 e. The van der Waals surface area contributed by atoms with Crippen molar-refractivity contribution in [3.05, 3.63) is 76.0 Å². The highest BCUT2D eigenvalue weighted by atomic mass is 19.2. The van der Waals surface area contributed by atoms with Crippen LogP contribution >= 0.6 is 0 Å². The highest BCUT2D eigenvalue weighted by Crippen LogP contribution is 2.16. The van der Waals surface area contributed by atoms with E-state index in [0.717, 1.165) is 22.9 Å². The Kier molecular flexibility index (Phi) is 4.03. The lowest BCUT2D eigenvalue weighted by Gasteiger charge is -2.00. The van der Waals surface area contributed by atoms with E-state index in [-0.39, 0.29) is 11.5 Å². The van der Waals surface area contributed by atoms with E-state index in [1.54, 1.807) is 0 Å². The molecule has 0 aliphatic carbocycles. The summed E-state index contributed by atoms with van der Waals surface area (Å²) >= 11 is 0. The molecule has 0 N–H and O–H groups in total. The highest BCUT2D eigenvalue weighted by Gasteiger charge is 2.16. The van der Waals surface area contributed by atoms with Crippen molar-refractivity contribution in [3.8, 4) is 11.5 Å². The summed E-state index contributed by atoms with van der Waals surface area (Å²) in [4.78, 5) is 23.8. The average molecular weight is 334 g/mol. The summed E-state index contributed by atoms with van der Waals surface area (Å²) in [5, 5.41) is 3.84. The molecule has 0 aliphatic rings. The van der Waals surface area contributed by atoms with Gasteiger partial charge >= 0.3 is 5.76 Å². The minimum Gasteiger partial charge on any atom is -0.388 e. The number of aromatic nitrogens is 2. The molecule has 24 heavy (non-hydrogen) atoms. The monoisotopic (exact) mass is 334 g/mol. The van der Waals surface area contributed by atoms with E-state index < -0.39 is 35.5 Å². The fraction of sp³-hybridized carbons (Fsp3) is 0.0625. The van der Waals surface area contributed by atoms with Crippen LogP contribution in [0, 0.1) is 17.5 Å². The first kappa shape index (κ1) is 15.7. The molecule has 2 aromatic carbocycles. The van der Waals surface area contributed by atoms with Crippen LogP contribution < -0.4 is 5.76 Å². The van der Waals surface area contributed by atoms with Crippen LogP contribution in [0.5, 0.6) is 0 Å². The molecule has 5 nitrogen and oxygen atoms in total. The zero-order valence-corrected chi connectivity index (χ0v) is 12.0. The van der Waals surface area contributed by atoms with Gasteiger partial charge in [0.05, 0.1) is 0 Å². The van der Waals surface area contributed by atoms with E-state index in [9.17, 15) is 22.8 Å². The molecule has 0 bridgehead atoms. The van der Waals surface area contributed by atoms with Gasteiger partial charge in [0, 0.05) is 11.1 Å². The number of carbonyl (C=O) groups excluding carboxylic acids is 1. The molecule has 0 saturated heterocycles. The van der Waals surface area contributed by atoms with Crippen molar-refractivity contribution in [1.82, 2.24) is 9.78 Å². The summed E-state index contributed by atoms with van der Waals surface area (Å²) in [5.74, 6) is -4.34. The Hall–Kier alpha value is -3.16. The molecule has 0 unspecified atom stereocenters. The van der Waals surface area contributed by atoms with E-state index in [4.69, 9.17) is 4.42 Å². The average Bonchev–Trinajstić information content (AvgIpc) is 2.91. The molecule has 8 heteroatoms. The fourth-order valence-corrected chi connectivity index (χ4v) is 2.01. The van der Waals surface area contributed by atoms with Crippen LogP contribution in [0.2, 0.25) is 0 Å². The Bertz CT molecular complexity index is 961. The number of rotatable bonds is 4. The third kappa shape index (κ3) is 3.12. The number of hydrogen-bond donors (Lipinski definition) is 0. The van der Waals surface area contributed by atoms with Crippen molar-refractivity contribution in [1.29, 1.82) is 0 Å². The summed E-state index contributed by atoms with van der Waals surface area (Å²) in [7, 11) is 0. The lowest BCUT2D eigenvalue weighted by atomic mass is 10.1. The molecule has 122 valence electrons. The second-order valence-electron chi connectivity index (χ2n) is 4.89. The smallest absolute Gasteiger partial charge is 0.388 e. The molecule has 0 fully saturated rings. The minimum absolute atomic E-state index is 0.0851. The highest BCUT2D eigenvalue weighted by molar-refractivity contribution is 5.95. The number of Topliss-reactive ketones (excluding diaryl/α,β-unsaturated/α-hetero) is 1. The minimum atomic E-state index is -1.17. The quantitative estimate of drug-likeness (QED) is 0.688. The van der Waals surface area contributed by atoms with Crippen LogP contribution in [0.3, 0.4) is 0 Å². The van der Waals surface area contributed by atoms with Gasteiger partial charge in [0.2, 0.25) is 5.89 Å². The van der Waals surface area contributed by atoms with Gasteiger partial charge < -0.3 is 4.42 Å². The van der Waals surface area contributed by atoms with E-state index in [2.05, 4.69) is 5.10 Å². The van der Waals surface area contributed by atoms with Gasteiger partial charge in [0.25, 0.3) is 0 Å². The molecular weight excluding hydrogens is 325 g/mol. The fourth-order valence-electron chi connectivity index (χ4n) is 2.01. The normalized spacial score (nSPS) is 10.8. The lowest BCUT2D eigenvalue weighted by molar-refractivity contribution is 0.0964. The van der Waals surface area contributed by atoms with Gasteiger partial charge in [-0.3, -0.25) is 4.79 Å². The number of carbonyl (C=O) groups is 1. The molecule has 0 radical (unpaired) electrons. The molecule has 0 saturated carbocycles. The number of benzene rings is 2. The van der Waals surface area contributed by atoms with Crippen LogP contribution in [-0.4, -0.2) is 15.6 Å². The molecule has 0 atom stereocenters. The van der Waals surface area contributed by atoms with E-state index >= 15 is 0 Å². The van der Waals surface area contributed by atoms with E-state index in [1.165, 1.54) is 24.3 Å². The van der Waals surface area contributed by atoms with Gasteiger partial charge in [0.15, 0.2) is 17.4 Å². The Balaban J connectivity index is 1.85. The van der Waals surface area contributed by atoms with Crippen molar-refractivity contribution in [2.45, 2.75) is 6.54 Å². The molecule has 0 amide bonds. The third-order valence-electron chi connectivity index (χ3n) is 3.23. The number of ketones is 1. The maximum Gasteiger partial charge on any atom is 0.437 e. The van der Waals surface area contributed by atoms with Gasteiger partial charge in [-0.2, -0.15) is 4.68 Å². The first-order valence-corrected chi connectivity index (χ1v) is 6.76.